The number of ether oxygens (including phenoxy) is 2. The molecule has 0 spiro atoms. The fourth-order valence-corrected chi connectivity index (χ4v) is 1.91. The number of hydrogen-bond donors (Lipinski definition) is 1. The van der Waals surface area contributed by atoms with E-state index in [1.54, 1.807) is 36.4 Å². The third kappa shape index (κ3) is 2.52. The number of methoxy groups -OCH3 is 2. The highest BCUT2D eigenvalue weighted by Gasteiger charge is 2.14. The maximum Gasteiger partial charge on any atom is 0.150 e. The van der Waals surface area contributed by atoms with Crippen LogP contribution in [0.25, 0.3) is 11.1 Å². The largest absolute Gasteiger partial charge is 0.508 e. The van der Waals surface area contributed by atoms with E-state index in [4.69, 9.17) is 9.47 Å². The topological polar surface area (TPSA) is 55.8 Å². The van der Waals surface area contributed by atoms with Crippen LogP contribution in [0.2, 0.25) is 0 Å². The van der Waals surface area contributed by atoms with Gasteiger partial charge in [-0.25, -0.2) is 0 Å². The summed E-state index contributed by atoms with van der Waals surface area (Å²) in [6.45, 7) is 0. The van der Waals surface area contributed by atoms with Crippen LogP contribution in [-0.2, 0) is 0 Å². The van der Waals surface area contributed by atoms with Gasteiger partial charge in [0, 0.05) is 5.56 Å². The van der Waals surface area contributed by atoms with Crippen molar-refractivity contribution in [3.05, 3.63) is 42.0 Å². The number of phenols is 1. The van der Waals surface area contributed by atoms with Crippen LogP contribution in [0.15, 0.2) is 36.4 Å². The summed E-state index contributed by atoms with van der Waals surface area (Å²) in [6.07, 6.45) is 0.742. The van der Waals surface area contributed by atoms with Gasteiger partial charge in [0.1, 0.15) is 23.5 Å². The van der Waals surface area contributed by atoms with E-state index in [0.29, 0.717) is 17.1 Å². The summed E-state index contributed by atoms with van der Waals surface area (Å²) in [5, 5.41) is 9.33. The van der Waals surface area contributed by atoms with Gasteiger partial charge in [-0.3, -0.25) is 4.79 Å². The first-order valence-electron chi connectivity index (χ1n) is 5.70. The smallest absolute Gasteiger partial charge is 0.150 e. The van der Waals surface area contributed by atoms with Gasteiger partial charge in [-0.05, 0) is 29.8 Å². The molecule has 4 nitrogen and oxygen atoms in total. The summed E-state index contributed by atoms with van der Waals surface area (Å²) in [5.74, 6) is 1.28. The van der Waals surface area contributed by atoms with Crippen molar-refractivity contribution in [2.75, 3.05) is 14.2 Å². The number of aldehydes is 1. The molecule has 19 heavy (non-hydrogen) atoms. The molecule has 2 aromatic rings. The van der Waals surface area contributed by atoms with Gasteiger partial charge in [-0.15, -0.1) is 0 Å². The van der Waals surface area contributed by atoms with E-state index in [-0.39, 0.29) is 5.75 Å². The van der Waals surface area contributed by atoms with Crippen LogP contribution >= 0.6 is 0 Å². The number of benzene rings is 2. The standard InChI is InChI=1S/C15H14O4/c1-18-13-7-10(9-16)8-14(19-2)15(13)11-3-5-12(17)6-4-11/h3-9,17H,1-2H3. The highest BCUT2D eigenvalue weighted by Crippen LogP contribution is 2.39. The molecule has 0 aliphatic rings. The Hall–Kier alpha value is -2.49. The van der Waals surface area contributed by atoms with Crippen LogP contribution in [-0.4, -0.2) is 25.6 Å². The van der Waals surface area contributed by atoms with E-state index < -0.39 is 0 Å². The van der Waals surface area contributed by atoms with Gasteiger partial charge in [-0.1, -0.05) is 12.1 Å². The Balaban J connectivity index is 2.66. The minimum absolute atomic E-state index is 0.186. The first-order chi connectivity index (χ1) is 9.19. The Morgan fingerprint density at radius 2 is 1.53 bits per heavy atom. The van der Waals surface area contributed by atoms with Crippen LogP contribution in [0.3, 0.4) is 0 Å². The normalized spacial score (nSPS) is 10.0. The van der Waals surface area contributed by atoms with Crippen molar-refractivity contribution in [1.82, 2.24) is 0 Å². The van der Waals surface area contributed by atoms with Gasteiger partial charge >= 0.3 is 0 Å². The predicted molar refractivity (Wildman–Crippen MR) is 72.0 cm³/mol. The van der Waals surface area contributed by atoms with Crippen molar-refractivity contribution in [3.8, 4) is 28.4 Å². The number of aromatic hydroxyl groups is 1. The van der Waals surface area contributed by atoms with Crippen LogP contribution in [0, 0.1) is 0 Å². The molecule has 1 N–H and O–H groups in total. The maximum absolute atomic E-state index is 10.9. The number of phenolic OH excluding ortho intramolecular Hbond substituents is 1. The molecule has 2 aromatic carbocycles. The van der Waals surface area contributed by atoms with Crippen molar-refractivity contribution in [2.45, 2.75) is 0 Å². The van der Waals surface area contributed by atoms with Crippen molar-refractivity contribution >= 4 is 6.29 Å². The van der Waals surface area contributed by atoms with Crippen molar-refractivity contribution < 1.29 is 19.4 Å². The van der Waals surface area contributed by atoms with Crippen molar-refractivity contribution in [1.29, 1.82) is 0 Å². The maximum atomic E-state index is 10.9. The highest BCUT2D eigenvalue weighted by molar-refractivity contribution is 5.84. The molecular formula is C15H14O4. The van der Waals surface area contributed by atoms with E-state index in [1.807, 2.05) is 0 Å². The summed E-state index contributed by atoms with van der Waals surface area (Å²) in [4.78, 5) is 10.9. The summed E-state index contributed by atoms with van der Waals surface area (Å²) in [5.41, 5.74) is 2.07. The highest BCUT2D eigenvalue weighted by atomic mass is 16.5. The molecule has 0 aliphatic carbocycles. The monoisotopic (exact) mass is 258 g/mol. The lowest BCUT2D eigenvalue weighted by Gasteiger charge is -2.14. The average Bonchev–Trinajstić information content (AvgIpc) is 2.46. The van der Waals surface area contributed by atoms with Crippen LogP contribution in [0.5, 0.6) is 17.2 Å². The van der Waals surface area contributed by atoms with Gasteiger partial charge in [0.2, 0.25) is 0 Å². The molecule has 0 saturated carbocycles. The van der Waals surface area contributed by atoms with E-state index >= 15 is 0 Å². The molecule has 0 bridgehead atoms. The van der Waals surface area contributed by atoms with E-state index in [9.17, 15) is 9.90 Å². The zero-order valence-corrected chi connectivity index (χ0v) is 10.7. The van der Waals surface area contributed by atoms with E-state index in [0.717, 1.165) is 17.4 Å². The Morgan fingerprint density at radius 3 is 1.95 bits per heavy atom. The Kier molecular flexibility index (Phi) is 3.71. The molecule has 2 rings (SSSR count). The van der Waals surface area contributed by atoms with Crippen molar-refractivity contribution in [3.63, 3.8) is 0 Å². The lowest BCUT2D eigenvalue weighted by Crippen LogP contribution is -1.95. The van der Waals surface area contributed by atoms with Crippen LogP contribution in [0.1, 0.15) is 10.4 Å². The second-order valence-electron chi connectivity index (χ2n) is 3.97. The van der Waals surface area contributed by atoms with Crippen molar-refractivity contribution in [2.24, 2.45) is 0 Å². The first-order valence-corrected chi connectivity index (χ1v) is 5.70. The average molecular weight is 258 g/mol. The van der Waals surface area contributed by atoms with Crippen LogP contribution < -0.4 is 9.47 Å². The third-order valence-corrected chi connectivity index (χ3v) is 2.82. The minimum Gasteiger partial charge on any atom is -0.508 e. The zero-order chi connectivity index (χ0) is 13.8. The molecule has 0 fully saturated rings. The summed E-state index contributed by atoms with van der Waals surface area (Å²) in [6, 6.07) is 9.99. The number of hydrogen-bond acceptors (Lipinski definition) is 4. The molecule has 0 unspecified atom stereocenters. The van der Waals surface area contributed by atoms with Crippen LogP contribution in [0.4, 0.5) is 0 Å². The summed E-state index contributed by atoms with van der Waals surface area (Å²) in [7, 11) is 3.07. The lowest BCUT2D eigenvalue weighted by molar-refractivity contribution is 0.112. The molecule has 0 amide bonds. The second kappa shape index (κ2) is 5.44. The van der Waals surface area contributed by atoms with Gasteiger partial charge in [0.25, 0.3) is 0 Å². The number of carbonyl (C=O) groups excluding carboxylic acids is 1. The molecule has 0 radical (unpaired) electrons. The van der Waals surface area contributed by atoms with Gasteiger partial charge in [0.15, 0.2) is 0 Å². The van der Waals surface area contributed by atoms with Gasteiger partial charge in [-0.2, -0.15) is 0 Å². The number of carbonyl (C=O) groups is 1. The molecule has 0 saturated heterocycles. The Bertz CT molecular complexity index is 563. The minimum atomic E-state index is 0.186. The van der Waals surface area contributed by atoms with Gasteiger partial charge < -0.3 is 14.6 Å². The zero-order valence-electron chi connectivity index (χ0n) is 10.7. The first kappa shape index (κ1) is 13.0. The predicted octanol–water partition coefficient (Wildman–Crippen LogP) is 2.89. The van der Waals surface area contributed by atoms with E-state index in [1.165, 1.54) is 14.2 Å². The summed E-state index contributed by atoms with van der Waals surface area (Å²) >= 11 is 0. The molecule has 4 heteroatoms. The fraction of sp³-hybridized carbons (Fsp3) is 0.133. The second-order valence-corrected chi connectivity index (χ2v) is 3.97. The molecule has 0 aromatic heterocycles. The molecule has 0 heterocycles. The SMILES string of the molecule is COc1cc(C=O)cc(OC)c1-c1ccc(O)cc1. The molecule has 98 valence electrons. The fourth-order valence-electron chi connectivity index (χ4n) is 1.91. The number of rotatable bonds is 4. The summed E-state index contributed by atoms with van der Waals surface area (Å²) < 4.78 is 10.6. The molecule has 0 aliphatic heterocycles. The molecule has 0 atom stereocenters. The van der Waals surface area contributed by atoms with Gasteiger partial charge in [0.05, 0.1) is 19.8 Å². The Morgan fingerprint density at radius 1 is 1.00 bits per heavy atom. The lowest BCUT2D eigenvalue weighted by atomic mass is 10.0. The molecular weight excluding hydrogens is 244 g/mol. The Labute approximate surface area is 111 Å². The third-order valence-electron chi connectivity index (χ3n) is 2.82. The quantitative estimate of drug-likeness (QED) is 0.857. The van der Waals surface area contributed by atoms with E-state index in [2.05, 4.69) is 0 Å².